The molecule has 1 unspecified atom stereocenters. The van der Waals surface area contributed by atoms with Crippen molar-refractivity contribution >= 4 is 5.91 Å². The van der Waals surface area contributed by atoms with E-state index >= 15 is 0 Å². The Morgan fingerprint density at radius 3 is 2.39 bits per heavy atom. The van der Waals surface area contributed by atoms with Crippen molar-refractivity contribution in [2.45, 2.75) is 32.0 Å². The molecule has 0 bridgehead atoms. The number of nitrogens with one attached hydrogen (secondary N) is 1. The van der Waals surface area contributed by atoms with E-state index in [1.807, 2.05) is 0 Å². The summed E-state index contributed by atoms with van der Waals surface area (Å²) in [5.41, 5.74) is -1.04. The quantitative estimate of drug-likeness (QED) is 0.936. The molecular weight excluding hydrogens is 305 g/mol. The fraction of sp³-hybridized carbons (Fsp3) is 0.294. The molecule has 2 aromatic rings. The number of benzene rings is 1. The highest BCUT2D eigenvalue weighted by Gasteiger charge is 2.53. The second-order valence-corrected chi connectivity index (χ2v) is 5.52. The van der Waals surface area contributed by atoms with Gasteiger partial charge in [-0.05, 0) is 36.6 Å². The first kappa shape index (κ1) is 17.0. The van der Waals surface area contributed by atoms with E-state index in [-0.39, 0.29) is 12.0 Å². The first-order valence-corrected chi connectivity index (χ1v) is 7.07. The van der Waals surface area contributed by atoms with Crippen LogP contribution < -0.4 is 5.32 Å². The number of pyridine rings is 1. The Balaban J connectivity index is 2.26. The molecule has 3 nitrogen and oxygen atoms in total. The van der Waals surface area contributed by atoms with Crippen molar-refractivity contribution in [1.29, 1.82) is 0 Å². The summed E-state index contributed by atoms with van der Waals surface area (Å²) in [5, 5.41) is 2.13. The van der Waals surface area contributed by atoms with Gasteiger partial charge in [0.15, 0.2) is 5.54 Å². The summed E-state index contributed by atoms with van der Waals surface area (Å²) in [6, 6.07) is 9.06. The fourth-order valence-electron chi connectivity index (χ4n) is 2.26. The minimum absolute atomic E-state index is 0.0104. The molecule has 1 atom stereocenters. The van der Waals surface area contributed by atoms with Crippen LogP contribution >= 0.6 is 0 Å². The first-order chi connectivity index (χ1) is 10.7. The number of hydrogen-bond donors (Lipinski definition) is 1. The average molecular weight is 322 g/mol. The van der Waals surface area contributed by atoms with Crippen LogP contribution in [0, 0.1) is 6.92 Å². The number of halogens is 3. The largest absolute Gasteiger partial charge is 0.415 e. The molecule has 0 fully saturated rings. The number of amides is 1. The van der Waals surface area contributed by atoms with Crippen molar-refractivity contribution in [2.75, 3.05) is 0 Å². The van der Waals surface area contributed by atoms with Gasteiger partial charge in [0, 0.05) is 12.4 Å². The van der Waals surface area contributed by atoms with Crippen LogP contribution in [0.15, 0.2) is 48.8 Å². The van der Waals surface area contributed by atoms with E-state index in [1.54, 1.807) is 25.3 Å². The number of carbonyl (C=O) groups excluding carboxylic acids is 1. The normalized spacial score (nSPS) is 14.1. The highest BCUT2D eigenvalue weighted by Crippen LogP contribution is 2.38. The van der Waals surface area contributed by atoms with Gasteiger partial charge < -0.3 is 5.32 Å². The maximum absolute atomic E-state index is 13.5. The number of hydrogen-bond acceptors (Lipinski definition) is 2. The summed E-state index contributed by atoms with van der Waals surface area (Å²) >= 11 is 0. The number of rotatable bonds is 4. The van der Waals surface area contributed by atoms with Crippen molar-refractivity contribution in [3.05, 3.63) is 65.5 Å². The first-order valence-electron chi connectivity index (χ1n) is 7.07. The van der Waals surface area contributed by atoms with E-state index in [1.165, 1.54) is 30.5 Å². The van der Waals surface area contributed by atoms with Crippen molar-refractivity contribution in [2.24, 2.45) is 0 Å². The molecule has 1 N–H and O–H groups in total. The van der Waals surface area contributed by atoms with Crippen molar-refractivity contribution in [3.8, 4) is 0 Å². The summed E-state index contributed by atoms with van der Waals surface area (Å²) in [4.78, 5) is 16.1. The zero-order chi connectivity index (χ0) is 17.1. The Bertz CT molecular complexity index is 686. The molecule has 6 heteroatoms. The lowest BCUT2D eigenvalue weighted by Gasteiger charge is -2.33. The summed E-state index contributed by atoms with van der Waals surface area (Å²) < 4.78 is 40.6. The molecule has 0 saturated heterocycles. The van der Waals surface area contributed by atoms with Gasteiger partial charge in [-0.2, -0.15) is 13.2 Å². The molecule has 122 valence electrons. The van der Waals surface area contributed by atoms with Gasteiger partial charge in [-0.25, -0.2) is 0 Å². The van der Waals surface area contributed by atoms with E-state index in [9.17, 15) is 18.0 Å². The second kappa shape index (κ2) is 6.40. The van der Waals surface area contributed by atoms with Crippen LogP contribution in [0.4, 0.5) is 13.2 Å². The molecule has 0 aliphatic rings. The second-order valence-electron chi connectivity index (χ2n) is 5.52. The van der Waals surface area contributed by atoms with Crippen LogP contribution in [0.5, 0.6) is 0 Å². The van der Waals surface area contributed by atoms with Crippen LogP contribution in [-0.4, -0.2) is 17.1 Å². The van der Waals surface area contributed by atoms with Crippen LogP contribution in [-0.2, 0) is 16.8 Å². The Labute approximate surface area is 132 Å². The standard InChI is InChI=1S/C17H17F3N2O/c1-12-8-9-21-11-13(12)10-15(23)22-16(2,17(18,19)20)14-6-4-3-5-7-14/h3-9,11H,10H2,1-2H3,(H,22,23). The Morgan fingerprint density at radius 1 is 1.17 bits per heavy atom. The Morgan fingerprint density at radius 2 is 1.83 bits per heavy atom. The van der Waals surface area contributed by atoms with E-state index in [0.717, 1.165) is 12.5 Å². The maximum atomic E-state index is 13.5. The highest BCUT2D eigenvalue weighted by molar-refractivity contribution is 5.80. The number of alkyl halides is 3. The molecule has 2 rings (SSSR count). The molecule has 23 heavy (non-hydrogen) atoms. The number of aromatic nitrogens is 1. The third-order valence-electron chi connectivity index (χ3n) is 3.81. The van der Waals surface area contributed by atoms with Gasteiger partial charge in [-0.1, -0.05) is 30.3 Å². The summed E-state index contributed by atoms with van der Waals surface area (Å²) in [6.45, 7) is 2.75. The van der Waals surface area contributed by atoms with Crippen molar-refractivity contribution in [1.82, 2.24) is 10.3 Å². The third-order valence-corrected chi connectivity index (χ3v) is 3.81. The van der Waals surface area contributed by atoms with Gasteiger partial charge in [0.1, 0.15) is 0 Å². The van der Waals surface area contributed by atoms with Crippen LogP contribution in [0.1, 0.15) is 23.6 Å². The minimum Gasteiger partial charge on any atom is -0.338 e. The molecular formula is C17H17F3N2O. The molecule has 0 aliphatic carbocycles. The minimum atomic E-state index is -4.62. The molecule has 0 aliphatic heterocycles. The van der Waals surface area contributed by atoms with Gasteiger partial charge in [-0.15, -0.1) is 0 Å². The molecule has 0 spiro atoms. The number of nitrogens with zero attached hydrogens (tertiary/aromatic N) is 1. The number of aryl methyl sites for hydroxylation is 1. The van der Waals surface area contributed by atoms with Crippen LogP contribution in [0.3, 0.4) is 0 Å². The van der Waals surface area contributed by atoms with E-state index in [2.05, 4.69) is 10.3 Å². The van der Waals surface area contributed by atoms with Gasteiger partial charge in [0.05, 0.1) is 6.42 Å². The van der Waals surface area contributed by atoms with Gasteiger partial charge in [0.25, 0.3) is 0 Å². The van der Waals surface area contributed by atoms with Gasteiger partial charge in [0.2, 0.25) is 5.91 Å². The summed E-state index contributed by atoms with van der Waals surface area (Å²) in [7, 11) is 0. The van der Waals surface area contributed by atoms with E-state index in [4.69, 9.17) is 0 Å². The summed E-state index contributed by atoms with van der Waals surface area (Å²) in [5.74, 6) is -0.704. The monoisotopic (exact) mass is 322 g/mol. The molecule has 1 aromatic carbocycles. The lowest BCUT2D eigenvalue weighted by Crippen LogP contribution is -2.54. The number of carbonyl (C=O) groups is 1. The maximum Gasteiger partial charge on any atom is 0.415 e. The van der Waals surface area contributed by atoms with Crippen molar-refractivity contribution in [3.63, 3.8) is 0 Å². The topological polar surface area (TPSA) is 42.0 Å². The average Bonchev–Trinajstić information content (AvgIpc) is 2.49. The fourth-order valence-corrected chi connectivity index (χ4v) is 2.26. The van der Waals surface area contributed by atoms with Crippen LogP contribution in [0.2, 0.25) is 0 Å². The predicted molar refractivity (Wildman–Crippen MR) is 80.7 cm³/mol. The predicted octanol–water partition coefficient (Wildman–Crippen LogP) is 3.53. The molecule has 0 saturated carbocycles. The Kier molecular flexibility index (Phi) is 4.73. The zero-order valence-corrected chi connectivity index (χ0v) is 12.8. The molecule has 1 heterocycles. The molecule has 1 amide bonds. The van der Waals surface area contributed by atoms with E-state index < -0.39 is 17.6 Å². The summed E-state index contributed by atoms with van der Waals surface area (Å²) in [6.07, 6.45) is -1.71. The molecule has 1 aromatic heterocycles. The lowest BCUT2D eigenvalue weighted by atomic mass is 9.90. The van der Waals surface area contributed by atoms with Gasteiger partial charge >= 0.3 is 6.18 Å². The zero-order valence-electron chi connectivity index (χ0n) is 12.8. The van der Waals surface area contributed by atoms with Crippen molar-refractivity contribution < 1.29 is 18.0 Å². The highest BCUT2D eigenvalue weighted by atomic mass is 19.4. The lowest BCUT2D eigenvalue weighted by molar-refractivity contribution is -0.197. The Hall–Kier alpha value is -2.37. The van der Waals surface area contributed by atoms with Crippen LogP contribution in [0.25, 0.3) is 0 Å². The third kappa shape index (κ3) is 3.70. The smallest absolute Gasteiger partial charge is 0.338 e. The van der Waals surface area contributed by atoms with Gasteiger partial charge in [-0.3, -0.25) is 9.78 Å². The van der Waals surface area contributed by atoms with E-state index in [0.29, 0.717) is 5.56 Å². The molecule has 0 radical (unpaired) electrons. The SMILES string of the molecule is Cc1ccncc1CC(=O)NC(C)(c1ccccc1)C(F)(F)F.